The van der Waals surface area contributed by atoms with E-state index in [1.807, 2.05) is 6.07 Å². The quantitative estimate of drug-likeness (QED) is 0.297. The van der Waals surface area contributed by atoms with Crippen molar-refractivity contribution in [3.8, 4) is 0 Å². The van der Waals surface area contributed by atoms with Gasteiger partial charge in [-0.15, -0.1) is 0 Å². The van der Waals surface area contributed by atoms with Gasteiger partial charge in [-0.05, 0) is 52.9 Å². The number of benzene rings is 1. The molecule has 1 aromatic carbocycles. The summed E-state index contributed by atoms with van der Waals surface area (Å²) in [5.74, 6) is -0.503. The van der Waals surface area contributed by atoms with Crippen molar-refractivity contribution in [1.29, 1.82) is 0 Å². The Balaban J connectivity index is 2.08. The van der Waals surface area contributed by atoms with Crippen molar-refractivity contribution in [2.75, 3.05) is 0 Å². The van der Waals surface area contributed by atoms with Crippen LogP contribution in [0.1, 0.15) is 16.1 Å². The van der Waals surface area contributed by atoms with E-state index >= 15 is 0 Å². The molecule has 2 N–H and O–H groups in total. The Bertz CT molecular complexity index is 614. The number of carbonyl (C=O) groups is 1. The van der Waals surface area contributed by atoms with Gasteiger partial charge in [0.15, 0.2) is 5.84 Å². The summed E-state index contributed by atoms with van der Waals surface area (Å²) in [6.45, 7) is 0. The Morgan fingerprint density at radius 3 is 2.79 bits per heavy atom. The Hall–Kier alpha value is -1.96. The second kappa shape index (κ2) is 6.28. The summed E-state index contributed by atoms with van der Waals surface area (Å²) in [7, 11) is 0. The van der Waals surface area contributed by atoms with E-state index in [0.717, 1.165) is 3.57 Å². The highest BCUT2D eigenvalue weighted by Crippen LogP contribution is 2.09. The Morgan fingerprint density at radius 1 is 1.26 bits per heavy atom. The van der Waals surface area contributed by atoms with Crippen molar-refractivity contribution in [3.63, 3.8) is 0 Å². The molecule has 0 saturated heterocycles. The normalized spacial score (nSPS) is 11.1. The van der Waals surface area contributed by atoms with E-state index in [2.05, 4.69) is 32.7 Å². The zero-order valence-corrected chi connectivity index (χ0v) is 11.9. The molecule has 1 heterocycles. The van der Waals surface area contributed by atoms with E-state index in [4.69, 9.17) is 10.6 Å². The Kier molecular flexibility index (Phi) is 4.45. The molecule has 0 aliphatic carbocycles. The van der Waals surface area contributed by atoms with Crippen LogP contribution in [0.25, 0.3) is 0 Å². The van der Waals surface area contributed by atoms with Crippen molar-refractivity contribution in [3.05, 3.63) is 63.5 Å². The molecule has 5 nitrogen and oxygen atoms in total. The lowest BCUT2D eigenvalue weighted by Crippen LogP contribution is -2.16. The predicted molar refractivity (Wildman–Crippen MR) is 79.5 cm³/mol. The smallest absolute Gasteiger partial charge is 0.365 e. The third-order valence-electron chi connectivity index (χ3n) is 2.21. The van der Waals surface area contributed by atoms with Crippen molar-refractivity contribution in [1.82, 2.24) is 4.98 Å². The number of aromatic nitrogens is 1. The fourth-order valence-corrected chi connectivity index (χ4v) is 1.86. The van der Waals surface area contributed by atoms with Crippen LogP contribution in [0, 0.1) is 3.57 Å². The molecule has 0 aliphatic rings. The minimum Gasteiger partial charge on any atom is -0.379 e. The number of nitrogens with two attached hydrogens (primary N) is 1. The molecule has 0 aliphatic heterocycles. The maximum Gasteiger partial charge on any atom is 0.365 e. The molecule has 0 saturated carbocycles. The summed E-state index contributed by atoms with van der Waals surface area (Å²) >= 11 is 2.11. The van der Waals surface area contributed by atoms with Crippen LogP contribution in [0.5, 0.6) is 0 Å². The number of amidine groups is 1. The van der Waals surface area contributed by atoms with Crippen LogP contribution < -0.4 is 5.73 Å². The zero-order valence-electron chi connectivity index (χ0n) is 9.79. The van der Waals surface area contributed by atoms with E-state index in [9.17, 15) is 4.79 Å². The molecule has 0 unspecified atom stereocenters. The summed E-state index contributed by atoms with van der Waals surface area (Å²) in [5.41, 5.74) is 6.54. The van der Waals surface area contributed by atoms with Gasteiger partial charge in [0.2, 0.25) is 0 Å². The third kappa shape index (κ3) is 3.75. The number of halogens is 1. The highest BCUT2D eigenvalue weighted by atomic mass is 127. The minimum atomic E-state index is -0.558. The first-order chi connectivity index (χ1) is 9.16. The van der Waals surface area contributed by atoms with Gasteiger partial charge < -0.3 is 10.6 Å². The van der Waals surface area contributed by atoms with Crippen molar-refractivity contribution in [2.24, 2.45) is 10.9 Å². The van der Waals surface area contributed by atoms with Crippen molar-refractivity contribution >= 4 is 34.4 Å². The van der Waals surface area contributed by atoms with Crippen LogP contribution >= 0.6 is 22.6 Å². The number of rotatable bonds is 3. The van der Waals surface area contributed by atoms with E-state index in [-0.39, 0.29) is 5.84 Å². The molecule has 0 radical (unpaired) electrons. The standard InChI is InChI=1S/C13H10IN3O2/c14-10-5-3-4-9(8-10)13(18)19-17-12(15)11-6-1-2-7-16-11/h1-8H,(H2,15,17). The summed E-state index contributed by atoms with van der Waals surface area (Å²) in [6, 6.07) is 12.2. The fraction of sp³-hybridized carbons (Fsp3) is 0. The minimum absolute atomic E-state index is 0.0552. The summed E-state index contributed by atoms with van der Waals surface area (Å²) in [6.07, 6.45) is 1.58. The first kappa shape index (κ1) is 13.5. The van der Waals surface area contributed by atoms with Crippen LogP contribution in [0.2, 0.25) is 0 Å². The highest BCUT2D eigenvalue weighted by Gasteiger charge is 2.08. The maximum absolute atomic E-state index is 11.7. The topological polar surface area (TPSA) is 77.6 Å². The highest BCUT2D eigenvalue weighted by molar-refractivity contribution is 14.1. The van der Waals surface area contributed by atoms with E-state index in [0.29, 0.717) is 11.3 Å². The monoisotopic (exact) mass is 367 g/mol. The molecule has 0 fully saturated rings. The van der Waals surface area contributed by atoms with Gasteiger partial charge in [0.25, 0.3) is 0 Å². The number of carbonyl (C=O) groups excluding carboxylic acids is 1. The number of nitrogens with zero attached hydrogens (tertiary/aromatic N) is 2. The van der Waals surface area contributed by atoms with Crippen LogP contribution in [-0.4, -0.2) is 16.8 Å². The van der Waals surface area contributed by atoms with Crippen molar-refractivity contribution in [2.45, 2.75) is 0 Å². The lowest BCUT2D eigenvalue weighted by atomic mass is 10.2. The van der Waals surface area contributed by atoms with E-state index in [1.165, 1.54) is 0 Å². The van der Waals surface area contributed by atoms with Gasteiger partial charge in [-0.3, -0.25) is 4.98 Å². The first-order valence-electron chi connectivity index (χ1n) is 5.38. The summed E-state index contributed by atoms with van der Waals surface area (Å²) in [5, 5.41) is 3.58. The second-order valence-corrected chi connectivity index (χ2v) is 4.83. The lowest BCUT2D eigenvalue weighted by molar-refractivity contribution is 0.0516. The van der Waals surface area contributed by atoms with Gasteiger partial charge in [0.05, 0.1) is 5.56 Å². The van der Waals surface area contributed by atoms with Gasteiger partial charge >= 0.3 is 5.97 Å². The maximum atomic E-state index is 11.7. The van der Waals surface area contributed by atoms with E-state index in [1.54, 1.807) is 42.6 Å². The second-order valence-electron chi connectivity index (χ2n) is 3.58. The van der Waals surface area contributed by atoms with E-state index < -0.39 is 5.97 Å². The Labute approximate surface area is 123 Å². The van der Waals surface area contributed by atoms with Gasteiger partial charge in [0.1, 0.15) is 5.69 Å². The van der Waals surface area contributed by atoms with Crippen LogP contribution in [0.4, 0.5) is 0 Å². The molecular formula is C13H10IN3O2. The van der Waals surface area contributed by atoms with Crippen LogP contribution in [0.15, 0.2) is 53.8 Å². The molecule has 6 heteroatoms. The van der Waals surface area contributed by atoms with Crippen molar-refractivity contribution < 1.29 is 9.63 Å². The molecule has 0 bridgehead atoms. The van der Waals surface area contributed by atoms with Gasteiger partial charge in [-0.25, -0.2) is 4.79 Å². The average Bonchev–Trinajstić information content (AvgIpc) is 2.45. The molecule has 0 spiro atoms. The summed E-state index contributed by atoms with van der Waals surface area (Å²) in [4.78, 5) is 20.5. The average molecular weight is 367 g/mol. The largest absolute Gasteiger partial charge is 0.379 e. The van der Waals surface area contributed by atoms with Crippen LogP contribution in [-0.2, 0) is 4.84 Å². The first-order valence-corrected chi connectivity index (χ1v) is 6.46. The molecule has 0 amide bonds. The zero-order chi connectivity index (χ0) is 13.7. The fourth-order valence-electron chi connectivity index (χ4n) is 1.32. The van der Waals surface area contributed by atoms with Crippen LogP contribution in [0.3, 0.4) is 0 Å². The lowest BCUT2D eigenvalue weighted by Gasteiger charge is -2.00. The molecule has 0 atom stereocenters. The van der Waals surface area contributed by atoms with Gasteiger partial charge in [-0.1, -0.05) is 17.3 Å². The number of pyridine rings is 1. The number of oxime groups is 1. The molecule has 96 valence electrons. The predicted octanol–water partition coefficient (Wildman–Crippen LogP) is 2.16. The molecule has 2 aromatic rings. The van der Waals surface area contributed by atoms with Gasteiger partial charge in [-0.2, -0.15) is 0 Å². The summed E-state index contributed by atoms with van der Waals surface area (Å²) < 4.78 is 0.939. The molecule has 2 rings (SSSR count). The van der Waals surface area contributed by atoms with Gasteiger partial charge in [0, 0.05) is 9.77 Å². The molecular weight excluding hydrogens is 357 g/mol. The Morgan fingerprint density at radius 2 is 2.11 bits per heavy atom. The molecule has 19 heavy (non-hydrogen) atoms. The number of hydrogen-bond donors (Lipinski definition) is 1. The SMILES string of the molecule is N/C(=N/OC(=O)c1cccc(I)c1)c1ccccn1. The number of hydrogen-bond acceptors (Lipinski definition) is 4. The molecule has 1 aromatic heterocycles. The third-order valence-corrected chi connectivity index (χ3v) is 2.89.